The van der Waals surface area contributed by atoms with Gasteiger partial charge in [-0.2, -0.15) is 5.10 Å². The van der Waals surface area contributed by atoms with Crippen LogP contribution < -0.4 is 0 Å². The molecule has 0 radical (unpaired) electrons. The molecule has 0 saturated heterocycles. The van der Waals surface area contributed by atoms with Crippen molar-refractivity contribution < 1.29 is 0 Å². The summed E-state index contributed by atoms with van der Waals surface area (Å²) >= 11 is 5.32. The molecular weight excluding hydrogens is 206 g/mol. The minimum Gasteiger partial charge on any atom is -0.301 e. The highest BCUT2D eigenvalue weighted by Gasteiger charge is 2.37. The lowest BCUT2D eigenvalue weighted by Crippen LogP contribution is -2.23. The molecular formula is C11H19N3S. The van der Waals surface area contributed by atoms with E-state index in [0.29, 0.717) is 11.5 Å². The van der Waals surface area contributed by atoms with Crippen LogP contribution in [0.15, 0.2) is 0 Å². The second-order valence-corrected chi connectivity index (χ2v) is 5.45. The van der Waals surface area contributed by atoms with E-state index in [-0.39, 0.29) is 0 Å². The fraction of sp³-hybridized carbons (Fsp3) is 0.818. The molecule has 84 valence electrons. The lowest BCUT2D eigenvalue weighted by molar-refractivity contribution is 0.254. The van der Waals surface area contributed by atoms with Crippen LogP contribution in [0, 0.1) is 10.2 Å². The number of hydrogen-bond donors (Lipinski definition) is 1. The normalized spacial score (nSPS) is 24.6. The number of H-pyrrole nitrogens is 1. The third-order valence-electron chi connectivity index (χ3n) is 3.61. The second kappa shape index (κ2) is 3.74. The zero-order chi connectivity index (χ0) is 11.1. The number of hydrogen-bond acceptors (Lipinski definition) is 2. The van der Waals surface area contributed by atoms with E-state index in [1.165, 1.54) is 19.3 Å². The molecule has 0 aromatic carbocycles. The summed E-state index contributed by atoms with van der Waals surface area (Å²) < 4.78 is 3.02. The predicted molar refractivity (Wildman–Crippen MR) is 63.5 cm³/mol. The number of rotatable bonds is 2. The average Bonchev–Trinajstić information content (AvgIpc) is 2.68. The molecule has 1 aliphatic rings. The average molecular weight is 225 g/mol. The number of nitrogens with zero attached hydrogens (tertiary/aromatic N) is 2. The summed E-state index contributed by atoms with van der Waals surface area (Å²) in [4.78, 5) is 0. The monoisotopic (exact) mass is 225 g/mol. The Morgan fingerprint density at radius 1 is 1.60 bits per heavy atom. The van der Waals surface area contributed by atoms with Crippen molar-refractivity contribution >= 4 is 12.2 Å². The summed E-state index contributed by atoms with van der Waals surface area (Å²) in [6, 6.07) is 0.527. The molecule has 0 aliphatic heterocycles. The van der Waals surface area contributed by atoms with E-state index in [0.717, 1.165) is 17.0 Å². The van der Waals surface area contributed by atoms with Gasteiger partial charge < -0.3 is 4.57 Å². The minimum atomic E-state index is 0.353. The molecule has 1 aromatic rings. The first-order valence-corrected chi connectivity index (χ1v) is 6.13. The van der Waals surface area contributed by atoms with Gasteiger partial charge in [-0.1, -0.05) is 27.2 Å². The molecule has 1 unspecified atom stereocenters. The highest BCUT2D eigenvalue weighted by atomic mass is 32.1. The van der Waals surface area contributed by atoms with Crippen LogP contribution in [0.5, 0.6) is 0 Å². The van der Waals surface area contributed by atoms with Crippen molar-refractivity contribution in [3.05, 3.63) is 10.6 Å². The van der Waals surface area contributed by atoms with Crippen LogP contribution in [-0.2, 0) is 6.42 Å². The van der Waals surface area contributed by atoms with E-state index in [1.807, 2.05) is 0 Å². The van der Waals surface area contributed by atoms with Crippen molar-refractivity contribution in [1.29, 1.82) is 0 Å². The van der Waals surface area contributed by atoms with Crippen LogP contribution in [0.4, 0.5) is 0 Å². The highest BCUT2D eigenvalue weighted by Crippen LogP contribution is 2.46. The molecule has 15 heavy (non-hydrogen) atoms. The van der Waals surface area contributed by atoms with Crippen molar-refractivity contribution in [3.8, 4) is 0 Å². The topological polar surface area (TPSA) is 33.6 Å². The fourth-order valence-electron chi connectivity index (χ4n) is 2.70. The number of aromatic amines is 1. The molecule has 0 spiro atoms. The molecule has 4 heteroatoms. The Bertz CT molecular complexity index is 402. The number of aryl methyl sites for hydroxylation is 1. The smallest absolute Gasteiger partial charge is 0.195 e. The zero-order valence-corrected chi connectivity index (χ0v) is 10.5. The van der Waals surface area contributed by atoms with Gasteiger partial charge >= 0.3 is 0 Å². The van der Waals surface area contributed by atoms with Gasteiger partial charge in [-0.3, -0.25) is 5.10 Å². The van der Waals surface area contributed by atoms with Crippen LogP contribution in [0.2, 0.25) is 0 Å². The van der Waals surface area contributed by atoms with Crippen LogP contribution in [-0.4, -0.2) is 14.8 Å². The molecule has 1 fully saturated rings. The van der Waals surface area contributed by atoms with Crippen LogP contribution in [0.1, 0.15) is 51.9 Å². The van der Waals surface area contributed by atoms with E-state index in [9.17, 15) is 0 Å². The standard InChI is InChI=1S/C11H19N3S/c1-4-9-12-13-10(15)14(9)8-6-5-7-11(8,2)3/h8H,4-7H2,1-3H3,(H,13,15). The maximum atomic E-state index is 5.32. The Morgan fingerprint density at radius 2 is 2.33 bits per heavy atom. The SMILES string of the molecule is CCc1n[nH]c(=S)n1C1CCCC1(C)C. The summed E-state index contributed by atoms with van der Waals surface area (Å²) in [6.45, 7) is 6.79. The quantitative estimate of drug-likeness (QED) is 0.784. The largest absolute Gasteiger partial charge is 0.301 e. The van der Waals surface area contributed by atoms with Crippen LogP contribution in [0.3, 0.4) is 0 Å². The molecule has 2 rings (SSSR count). The lowest BCUT2D eigenvalue weighted by Gasteiger charge is -2.28. The first-order valence-electron chi connectivity index (χ1n) is 5.72. The van der Waals surface area contributed by atoms with Crippen molar-refractivity contribution in [2.45, 2.75) is 52.5 Å². The van der Waals surface area contributed by atoms with Gasteiger partial charge in [-0.15, -0.1) is 0 Å². The molecule has 1 aliphatic carbocycles. The number of nitrogens with one attached hydrogen (secondary N) is 1. The Morgan fingerprint density at radius 3 is 2.87 bits per heavy atom. The Hall–Kier alpha value is -0.640. The van der Waals surface area contributed by atoms with Crippen LogP contribution in [0.25, 0.3) is 0 Å². The molecule has 3 nitrogen and oxygen atoms in total. The summed E-state index contributed by atoms with van der Waals surface area (Å²) in [5.41, 5.74) is 0.353. The van der Waals surface area contributed by atoms with Gasteiger partial charge in [0, 0.05) is 12.5 Å². The third-order valence-corrected chi connectivity index (χ3v) is 3.89. The van der Waals surface area contributed by atoms with Gasteiger partial charge in [0.05, 0.1) is 0 Å². The van der Waals surface area contributed by atoms with E-state index < -0.39 is 0 Å². The summed E-state index contributed by atoms with van der Waals surface area (Å²) in [7, 11) is 0. The van der Waals surface area contributed by atoms with Gasteiger partial charge in [-0.05, 0) is 30.5 Å². The molecule has 0 bridgehead atoms. The van der Waals surface area contributed by atoms with Crippen molar-refractivity contribution in [2.24, 2.45) is 5.41 Å². The maximum Gasteiger partial charge on any atom is 0.195 e. The van der Waals surface area contributed by atoms with Crippen LogP contribution >= 0.6 is 12.2 Å². The third kappa shape index (κ3) is 1.75. The van der Waals surface area contributed by atoms with Gasteiger partial charge in [0.2, 0.25) is 0 Å². The zero-order valence-electron chi connectivity index (χ0n) is 9.71. The van der Waals surface area contributed by atoms with Gasteiger partial charge in [0.15, 0.2) is 4.77 Å². The predicted octanol–water partition coefficient (Wildman–Crippen LogP) is 3.25. The lowest BCUT2D eigenvalue weighted by atomic mass is 9.87. The van der Waals surface area contributed by atoms with Gasteiger partial charge in [0.1, 0.15) is 5.82 Å². The second-order valence-electron chi connectivity index (χ2n) is 5.07. The van der Waals surface area contributed by atoms with Crippen molar-refractivity contribution in [1.82, 2.24) is 14.8 Å². The molecule has 1 saturated carbocycles. The Kier molecular flexibility index (Phi) is 2.71. The Labute approximate surface area is 95.9 Å². The molecule has 1 aromatic heterocycles. The summed E-state index contributed by atoms with van der Waals surface area (Å²) in [5.74, 6) is 1.10. The fourth-order valence-corrected chi connectivity index (χ4v) is 2.97. The molecule has 1 atom stereocenters. The first kappa shape index (κ1) is 10.9. The van der Waals surface area contributed by atoms with E-state index in [4.69, 9.17) is 12.2 Å². The molecule has 1 N–H and O–H groups in total. The maximum absolute atomic E-state index is 5.32. The summed E-state index contributed by atoms with van der Waals surface area (Å²) in [5, 5.41) is 7.21. The van der Waals surface area contributed by atoms with Gasteiger partial charge in [0.25, 0.3) is 0 Å². The van der Waals surface area contributed by atoms with E-state index >= 15 is 0 Å². The highest BCUT2D eigenvalue weighted by molar-refractivity contribution is 7.71. The Balaban J connectivity index is 2.44. The first-order chi connectivity index (χ1) is 7.06. The molecule has 0 amide bonds. The van der Waals surface area contributed by atoms with E-state index in [2.05, 4.69) is 35.5 Å². The van der Waals surface area contributed by atoms with Crippen molar-refractivity contribution in [3.63, 3.8) is 0 Å². The van der Waals surface area contributed by atoms with Gasteiger partial charge in [-0.25, -0.2) is 0 Å². The van der Waals surface area contributed by atoms with E-state index in [1.54, 1.807) is 0 Å². The van der Waals surface area contributed by atoms with Crippen molar-refractivity contribution in [2.75, 3.05) is 0 Å². The summed E-state index contributed by atoms with van der Waals surface area (Å²) in [6.07, 6.45) is 4.76. The minimum absolute atomic E-state index is 0.353. The number of aromatic nitrogens is 3. The molecule has 1 heterocycles.